The van der Waals surface area contributed by atoms with Crippen LogP contribution in [0.2, 0.25) is 0 Å². The molecule has 8 N–H and O–H groups in total. The number of hydrogen-bond donors (Lipinski definition) is 4. The van der Waals surface area contributed by atoms with E-state index in [1.54, 1.807) is 0 Å². The summed E-state index contributed by atoms with van der Waals surface area (Å²) in [7, 11) is 0. The molecular weight excluding hydrogens is 368 g/mol. The first-order valence-corrected chi connectivity index (χ1v) is 9.93. The topological polar surface area (TPSA) is 104 Å². The molecule has 0 atom stereocenters. The first kappa shape index (κ1) is 19.4. The van der Waals surface area contributed by atoms with Gasteiger partial charge in [0, 0.05) is 28.7 Å². The maximum absolute atomic E-state index is 6.37. The van der Waals surface area contributed by atoms with Gasteiger partial charge in [-0.05, 0) is 81.9 Å². The van der Waals surface area contributed by atoms with Crippen LogP contribution in [0.25, 0.3) is 22.3 Å². The van der Waals surface area contributed by atoms with Crippen molar-refractivity contribution in [1.82, 2.24) is 0 Å². The molecule has 4 aromatic carbocycles. The van der Waals surface area contributed by atoms with Crippen molar-refractivity contribution < 1.29 is 0 Å². The summed E-state index contributed by atoms with van der Waals surface area (Å²) in [4.78, 5) is 0. The van der Waals surface area contributed by atoms with Gasteiger partial charge in [0.25, 0.3) is 0 Å². The van der Waals surface area contributed by atoms with E-state index in [2.05, 4.69) is 19.1 Å². The van der Waals surface area contributed by atoms with E-state index in [0.29, 0.717) is 0 Å². The van der Waals surface area contributed by atoms with Gasteiger partial charge >= 0.3 is 0 Å². The normalized spacial score (nSPS) is 11.0. The second-order valence-electron chi connectivity index (χ2n) is 7.65. The van der Waals surface area contributed by atoms with E-state index in [-0.39, 0.29) is 5.92 Å². The molecule has 4 nitrogen and oxygen atoms in total. The molecule has 0 heterocycles. The van der Waals surface area contributed by atoms with E-state index in [4.69, 9.17) is 22.9 Å². The maximum Gasteiger partial charge on any atom is 0.0353 e. The van der Waals surface area contributed by atoms with Crippen LogP contribution in [0.5, 0.6) is 0 Å². The lowest BCUT2D eigenvalue weighted by molar-refractivity contribution is 0.930. The minimum atomic E-state index is 0.0347. The smallest absolute Gasteiger partial charge is 0.0353 e. The summed E-state index contributed by atoms with van der Waals surface area (Å²) in [5.41, 5.74) is 33.9. The van der Waals surface area contributed by atoms with Crippen LogP contribution in [0.3, 0.4) is 0 Å². The van der Waals surface area contributed by atoms with Crippen molar-refractivity contribution in [3.8, 4) is 22.3 Å². The molecule has 4 heteroatoms. The summed E-state index contributed by atoms with van der Waals surface area (Å²) >= 11 is 0. The van der Waals surface area contributed by atoms with E-state index in [1.807, 2.05) is 72.8 Å². The Balaban J connectivity index is 1.74. The highest BCUT2D eigenvalue weighted by Gasteiger charge is 2.16. The highest BCUT2D eigenvalue weighted by molar-refractivity contribution is 5.73. The molecule has 0 saturated heterocycles. The van der Waals surface area contributed by atoms with Crippen LogP contribution in [0.4, 0.5) is 22.7 Å². The van der Waals surface area contributed by atoms with Crippen molar-refractivity contribution in [2.75, 3.05) is 22.9 Å². The van der Waals surface area contributed by atoms with Crippen molar-refractivity contribution in [1.29, 1.82) is 0 Å². The third-order valence-electron chi connectivity index (χ3n) is 5.59. The van der Waals surface area contributed by atoms with Crippen molar-refractivity contribution in [3.63, 3.8) is 0 Å². The predicted molar refractivity (Wildman–Crippen MR) is 129 cm³/mol. The molecule has 0 unspecified atom stereocenters. The summed E-state index contributed by atoms with van der Waals surface area (Å²) in [6, 6.07) is 28.0. The molecule has 0 amide bonds. The monoisotopic (exact) mass is 394 g/mol. The Labute approximate surface area is 177 Å². The summed E-state index contributed by atoms with van der Waals surface area (Å²) in [5.74, 6) is 0.0347. The summed E-state index contributed by atoms with van der Waals surface area (Å²) < 4.78 is 0. The predicted octanol–water partition coefficient (Wildman–Crippen LogP) is 5.50. The second-order valence-corrected chi connectivity index (χ2v) is 7.65. The van der Waals surface area contributed by atoms with Crippen molar-refractivity contribution >= 4 is 22.7 Å². The molecule has 0 saturated carbocycles. The summed E-state index contributed by atoms with van der Waals surface area (Å²) in [5, 5.41) is 0. The Morgan fingerprint density at radius 3 is 1.17 bits per heavy atom. The number of nitrogens with two attached hydrogens (primary N) is 4. The SMILES string of the molecule is CC(c1cc(-c2ccc(N)cc2)ccc1N)c1cc(-c2ccc(N)cc2)ccc1N. The molecule has 4 rings (SSSR count). The number of nitrogen functional groups attached to an aromatic ring is 4. The lowest BCUT2D eigenvalue weighted by Gasteiger charge is -2.19. The maximum atomic E-state index is 6.37. The fourth-order valence-electron chi connectivity index (χ4n) is 3.78. The Morgan fingerprint density at radius 2 is 0.800 bits per heavy atom. The van der Waals surface area contributed by atoms with E-state index in [9.17, 15) is 0 Å². The van der Waals surface area contributed by atoms with E-state index < -0.39 is 0 Å². The quantitative estimate of drug-likeness (QED) is 0.343. The molecule has 0 aliphatic rings. The molecule has 0 radical (unpaired) electrons. The zero-order valence-electron chi connectivity index (χ0n) is 17.0. The lowest BCUT2D eigenvalue weighted by Crippen LogP contribution is -2.05. The average Bonchev–Trinajstić information content (AvgIpc) is 2.75. The van der Waals surface area contributed by atoms with Crippen LogP contribution in [0.15, 0.2) is 84.9 Å². The van der Waals surface area contributed by atoms with Crippen LogP contribution in [-0.4, -0.2) is 0 Å². The minimum absolute atomic E-state index is 0.0347. The Bertz CT molecular complexity index is 1080. The molecular formula is C26H26N4. The molecule has 0 bridgehead atoms. The van der Waals surface area contributed by atoms with Gasteiger partial charge < -0.3 is 22.9 Å². The standard InChI is InChI=1S/C26H26N4/c1-16(23-14-19(6-12-25(23)29)17-2-8-21(27)9-3-17)24-15-20(7-13-26(24)30)18-4-10-22(28)11-5-18/h2-16H,27-30H2,1H3. The molecule has 0 aromatic heterocycles. The summed E-state index contributed by atoms with van der Waals surface area (Å²) in [6.07, 6.45) is 0. The Kier molecular flexibility index (Phi) is 5.07. The van der Waals surface area contributed by atoms with Crippen molar-refractivity contribution in [2.45, 2.75) is 12.8 Å². The van der Waals surface area contributed by atoms with Gasteiger partial charge in [-0.25, -0.2) is 0 Å². The second kappa shape index (κ2) is 7.84. The molecule has 0 aliphatic heterocycles. The molecule has 0 fully saturated rings. The molecule has 0 spiro atoms. The van der Waals surface area contributed by atoms with E-state index in [0.717, 1.165) is 56.1 Å². The number of benzene rings is 4. The van der Waals surface area contributed by atoms with Gasteiger partial charge in [0.2, 0.25) is 0 Å². The van der Waals surface area contributed by atoms with Crippen LogP contribution in [-0.2, 0) is 0 Å². The molecule has 30 heavy (non-hydrogen) atoms. The van der Waals surface area contributed by atoms with Crippen LogP contribution in [0.1, 0.15) is 24.0 Å². The summed E-state index contributed by atoms with van der Waals surface area (Å²) in [6.45, 7) is 2.14. The zero-order valence-corrected chi connectivity index (χ0v) is 17.0. The zero-order chi connectivity index (χ0) is 21.3. The Morgan fingerprint density at radius 1 is 0.467 bits per heavy atom. The molecule has 4 aromatic rings. The van der Waals surface area contributed by atoms with Gasteiger partial charge in [-0.3, -0.25) is 0 Å². The third-order valence-corrected chi connectivity index (χ3v) is 5.59. The van der Waals surface area contributed by atoms with Crippen LogP contribution >= 0.6 is 0 Å². The largest absolute Gasteiger partial charge is 0.399 e. The van der Waals surface area contributed by atoms with Gasteiger partial charge in [0.05, 0.1) is 0 Å². The highest BCUT2D eigenvalue weighted by Crippen LogP contribution is 2.37. The van der Waals surface area contributed by atoms with E-state index >= 15 is 0 Å². The number of rotatable bonds is 4. The number of hydrogen-bond acceptors (Lipinski definition) is 4. The van der Waals surface area contributed by atoms with Gasteiger partial charge in [0.1, 0.15) is 0 Å². The van der Waals surface area contributed by atoms with Gasteiger partial charge in [-0.15, -0.1) is 0 Å². The fraction of sp³-hybridized carbons (Fsp3) is 0.0769. The number of anilines is 4. The van der Waals surface area contributed by atoms with Crippen molar-refractivity contribution in [2.24, 2.45) is 0 Å². The third kappa shape index (κ3) is 3.80. The first-order valence-electron chi connectivity index (χ1n) is 9.93. The molecule has 150 valence electrons. The lowest BCUT2D eigenvalue weighted by atomic mass is 9.87. The average molecular weight is 395 g/mol. The van der Waals surface area contributed by atoms with E-state index in [1.165, 1.54) is 0 Å². The van der Waals surface area contributed by atoms with Gasteiger partial charge in [0.15, 0.2) is 0 Å². The van der Waals surface area contributed by atoms with Gasteiger partial charge in [-0.1, -0.05) is 43.3 Å². The van der Waals surface area contributed by atoms with Gasteiger partial charge in [-0.2, -0.15) is 0 Å². The van der Waals surface area contributed by atoms with Crippen LogP contribution < -0.4 is 22.9 Å². The Hall–Kier alpha value is -3.92. The van der Waals surface area contributed by atoms with Crippen molar-refractivity contribution in [3.05, 3.63) is 96.1 Å². The highest BCUT2D eigenvalue weighted by atomic mass is 14.6. The fourth-order valence-corrected chi connectivity index (χ4v) is 3.78. The first-order chi connectivity index (χ1) is 14.4. The molecule has 0 aliphatic carbocycles. The van der Waals surface area contributed by atoms with Crippen LogP contribution in [0, 0.1) is 0 Å². The minimum Gasteiger partial charge on any atom is -0.399 e.